The molecular formula is C23H30N4O4. The lowest BCUT2D eigenvalue weighted by Crippen LogP contribution is -2.41. The Morgan fingerprint density at radius 3 is 2.16 bits per heavy atom. The maximum absolute atomic E-state index is 12.5. The van der Waals surface area contributed by atoms with E-state index >= 15 is 0 Å². The van der Waals surface area contributed by atoms with Crippen LogP contribution < -0.4 is 15.4 Å². The monoisotopic (exact) mass is 426 g/mol. The second kappa shape index (κ2) is 11.7. The van der Waals surface area contributed by atoms with Gasteiger partial charge < -0.3 is 20.3 Å². The number of carbonyl (C=O) groups is 3. The quantitative estimate of drug-likeness (QED) is 0.610. The van der Waals surface area contributed by atoms with Crippen LogP contribution in [0.4, 0.5) is 11.4 Å². The first-order valence-electron chi connectivity index (χ1n) is 10.2. The average Bonchev–Trinajstić information content (AvgIpc) is 2.75. The Balaban J connectivity index is 1.89. The van der Waals surface area contributed by atoms with Gasteiger partial charge in [-0.05, 0) is 57.3 Å². The Bertz CT molecular complexity index is 895. The molecule has 0 saturated carbocycles. The molecule has 2 N–H and O–H groups in total. The van der Waals surface area contributed by atoms with Crippen LogP contribution in [0.3, 0.4) is 0 Å². The van der Waals surface area contributed by atoms with Crippen molar-refractivity contribution >= 4 is 29.1 Å². The maximum atomic E-state index is 12.5. The molecule has 2 rings (SSSR count). The minimum atomic E-state index is -0.281. The molecule has 31 heavy (non-hydrogen) atoms. The number of nitrogens with zero attached hydrogens (tertiary/aromatic N) is 2. The minimum Gasteiger partial charge on any atom is -0.495 e. The second-order valence-corrected chi connectivity index (χ2v) is 7.02. The van der Waals surface area contributed by atoms with Crippen molar-refractivity contribution in [2.45, 2.75) is 13.8 Å². The van der Waals surface area contributed by atoms with Crippen molar-refractivity contribution < 1.29 is 19.1 Å². The van der Waals surface area contributed by atoms with Crippen LogP contribution in [0.1, 0.15) is 24.2 Å². The number of benzene rings is 2. The summed E-state index contributed by atoms with van der Waals surface area (Å²) in [7, 11) is 3.27. The van der Waals surface area contributed by atoms with Crippen LogP contribution in [-0.2, 0) is 9.59 Å². The Labute approximate surface area is 183 Å². The topological polar surface area (TPSA) is 91.0 Å². The van der Waals surface area contributed by atoms with Crippen molar-refractivity contribution in [1.29, 1.82) is 0 Å². The Morgan fingerprint density at radius 1 is 0.903 bits per heavy atom. The Hall–Kier alpha value is -3.39. The molecule has 8 heteroatoms. The van der Waals surface area contributed by atoms with Crippen molar-refractivity contribution in [2.24, 2.45) is 0 Å². The average molecular weight is 427 g/mol. The highest BCUT2D eigenvalue weighted by Crippen LogP contribution is 2.23. The third-order valence-corrected chi connectivity index (χ3v) is 4.72. The van der Waals surface area contributed by atoms with E-state index in [4.69, 9.17) is 4.74 Å². The Morgan fingerprint density at radius 2 is 1.55 bits per heavy atom. The van der Waals surface area contributed by atoms with Crippen molar-refractivity contribution in [3.63, 3.8) is 0 Å². The van der Waals surface area contributed by atoms with Gasteiger partial charge in [-0.25, -0.2) is 0 Å². The molecule has 0 atom stereocenters. The molecule has 0 bridgehead atoms. The van der Waals surface area contributed by atoms with E-state index in [-0.39, 0.29) is 30.8 Å². The number of methoxy groups -OCH3 is 1. The number of amides is 3. The third-order valence-electron chi connectivity index (χ3n) is 4.72. The molecular weight excluding hydrogens is 396 g/mol. The number of ether oxygens (including phenoxy) is 1. The van der Waals surface area contributed by atoms with Gasteiger partial charge in [-0.3, -0.25) is 19.3 Å². The molecule has 2 aromatic rings. The fourth-order valence-electron chi connectivity index (χ4n) is 3.06. The van der Waals surface area contributed by atoms with Crippen LogP contribution in [0.25, 0.3) is 0 Å². The van der Waals surface area contributed by atoms with E-state index in [0.29, 0.717) is 35.8 Å². The van der Waals surface area contributed by atoms with Crippen LogP contribution in [-0.4, -0.2) is 67.9 Å². The predicted molar refractivity (Wildman–Crippen MR) is 121 cm³/mol. The number of nitrogens with one attached hydrogen (secondary N) is 2. The normalized spacial score (nSPS) is 10.5. The highest BCUT2D eigenvalue weighted by Gasteiger charge is 2.15. The third kappa shape index (κ3) is 7.11. The number of hydrogen-bond acceptors (Lipinski definition) is 5. The summed E-state index contributed by atoms with van der Waals surface area (Å²) >= 11 is 0. The summed E-state index contributed by atoms with van der Waals surface area (Å²) in [5, 5.41) is 5.59. The summed E-state index contributed by atoms with van der Waals surface area (Å²) in [4.78, 5) is 40.3. The zero-order chi connectivity index (χ0) is 22.8. The summed E-state index contributed by atoms with van der Waals surface area (Å²) in [5.41, 5.74) is 1.60. The van der Waals surface area contributed by atoms with Crippen LogP contribution in [0.5, 0.6) is 5.75 Å². The predicted octanol–water partition coefficient (Wildman–Crippen LogP) is 2.69. The molecule has 0 fully saturated rings. The molecule has 0 aromatic heterocycles. The number of anilines is 2. The van der Waals surface area contributed by atoms with Gasteiger partial charge in [0.25, 0.3) is 5.91 Å². The number of carbonyl (C=O) groups excluding carboxylic acids is 3. The van der Waals surface area contributed by atoms with Gasteiger partial charge in [0.2, 0.25) is 11.8 Å². The van der Waals surface area contributed by atoms with Gasteiger partial charge in [-0.15, -0.1) is 0 Å². The lowest BCUT2D eigenvalue weighted by Gasteiger charge is -2.22. The zero-order valence-corrected chi connectivity index (χ0v) is 18.5. The number of hydrogen-bond donors (Lipinski definition) is 2. The first-order chi connectivity index (χ1) is 14.9. The highest BCUT2D eigenvalue weighted by atomic mass is 16.5. The first kappa shape index (κ1) is 23.9. The standard InChI is InChI=1S/C23H30N4O4/c1-5-27(6-2)22(29)16-26(3)15-21(28)24-18-13-11-17(12-14-18)23(30)25-19-9-7-8-10-20(19)31-4/h7-14H,5-6,15-16H2,1-4H3,(H,24,28)(H,25,30). The fourth-order valence-corrected chi connectivity index (χ4v) is 3.06. The van der Waals surface area contributed by atoms with Crippen LogP contribution >= 0.6 is 0 Å². The summed E-state index contributed by atoms with van der Waals surface area (Å²) in [6, 6.07) is 13.7. The largest absolute Gasteiger partial charge is 0.495 e. The molecule has 0 aliphatic carbocycles. The van der Waals surface area contributed by atoms with Gasteiger partial charge in [-0.1, -0.05) is 12.1 Å². The van der Waals surface area contributed by atoms with Gasteiger partial charge in [0.1, 0.15) is 5.75 Å². The number of rotatable bonds is 10. The molecule has 0 saturated heterocycles. The molecule has 0 aliphatic rings. The van der Waals surface area contributed by atoms with Gasteiger partial charge in [0.15, 0.2) is 0 Å². The van der Waals surface area contributed by atoms with E-state index in [0.717, 1.165) is 0 Å². The Kier molecular flexibility index (Phi) is 9.02. The molecule has 8 nitrogen and oxygen atoms in total. The first-order valence-corrected chi connectivity index (χ1v) is 10.2. The summed E-state index contributed by atoms with van der Waals surface area (Å²) in [6.45, 7) is 5.40. The van der Waals surface area contributed by atoms with Gasteiger partial charge in [0, 0.05) is 24.3 Å². The van der Waals surface area contributed by atoms with Crippen LogP contribution in [0.15, 0.2) is 48.5 Å². The second-order valence-electron chi connectivity index (χ2n) is 7.02. The lowest BCUT2D eigenvalue weighted by molar-refractivity contribution is -0.132. The zero-order valence-electron chi connectivity index (χ0n) is 18.5. The van der Waals surface area contributed by atoms with Gasteiger partial charge in [-0.2, -0.15) is 0 Å². The van der Waals surface area contributed by atoms with E-state index in [1.807, 2.05) is 26.0 Å². The number of likely N-dealkylation sites (N-methyl/N-ethyl adjacent to an activating group) is 2. The molecule has 0 spiro atoms. The summed E-state index contributed by atoms with van der Waals surface area (Å²) < 4.78 is 5.24. The van der Waals surface area contributed by atoms with Crippen molar-refractivity contribution in [2.75, 3.05) is 51.0 Å². The van der Waals surface area contributed by atoms with Crippen molar-refractivity contribution in [3.05, 3.63) is 54.1 Å². The molecule has 166 valence electrons. The number of para-hydroxylation sites is 2. The van der Waals surface area contributed by atoms with E-state index < -0.39 is 0 Å². The van der Waals surface area contributed by atoms with E-state index in [2.05, 4.69) is 10.6 Å². The maximum Gasteiger partial charge on any atom is 0.255 e. The smallest absolute Gasteiger partial charge is 0.255 e. The molecule has 2 aromatic carbocycles. The van der Waals surface area contributed by atoms with Crippen LogP contribution in [0.2, 0.25) is 0 Å². The van der Waals surface area contributed by atoms with E-state index in [9.17, 15) is 14.4 Å². The van der Waals surface area contributed by atoms with Crippen molar-refractivity contribution in [3.8, 4) is 5.75 Å². The minimum absolute atomic E-state index is 0.00860. The highest BCUT2D eigenvalue weighted by molar-refractivity contribution is 6.05. The van der Waals surface area contributed by atoms with E-state index in [1.54, 1.807) is 60.4 Å². The van der Waals surface area contributed by atoms with Crippen LogP contribution in [0, 0.1) is 0 Å². The molecule has 0 unspecified atom stereocenters. The molecule has 0 aliphatic heterocycles. The summed E-state index contributed by atoms with van der Waals surface area (Å²) in [6.07, 6.45) is 0. The van der Waals surface area contributed by atoms with E-state index in [1.165, 1.54) is 0 Å². The lowest BCUT2D eigenvalue weighted by atomic mass is 10.2. The molecule has 3 amide bonds. The molecule has 0 heterocycles. The van der Waals surface area contributed by atoms with Gasteiger partial charge >= 0.3 is 0 Å². The summed E-state index contributed by atoms with van der Waals surface area (Å²) in [5.74, 6) is 0.0483. The van der Waals surface area contributed by atoms with Gasteiger partial charge in [0.05, 0.1) is 25.9 Å². The fraction of sp³-hybridized carbons (Fsp3) is 0.348. The van der Waals surface area contributed by atoms with Crippen molar-refractivity contribution in [1.82, 2.24) is 9.80 Å². The molecule has 0 radical (unpaired) electrons. The SMILES string of the molecule is CCN(CC)C(=O)CN(C)CC(=O)Nc1ccc(C(=O)Nc2ccccc2OC)cc1.